The summed E-state index contributed by atoms with van der Waals surface area (Å²) in [7, 11) is 8.44. The highest BCUT2D eigenvalue weighted by Gasteiger charge is 2.44. The number of nitrogens with one attached hydrogen (secondary N) is 2. The smallest absolute Gasteiger partial charge is 0.343 e. The van der Waals surface area contributed by atoms with Gasteiger partial charge < -0.3 is 20.0 Å². The predicted octanol–water partition coefficient (Wildman–Crippen LogP) is 1.44. The topological polar surface area (TPSA) is 147 Å². The van der Waals surface area contributed by atoms with Gasteiger partial charge in [0.05, 0.1) is 18.0 Å². The summed E-state index contributed by atoms with van der Waals surface area (Å²) in [5.74, 6) is 0.0794. The van der Waals surface area contributed by atoms with Crippen molar-refractivity contribution < 1.29 is 14.4 Å². The second-order valence-corrected chi connectivity index (χ2v) is 12.3. The van der Waals surface area contributed by atoms with E-state index in [0.29, 0.717) is 55.7 Å². The number of hydrogen-bond donors (Lipinski definition) is 2. The summed E-state index contributed by atoms with van der Waals surface area (Å²) in [6.45, 7) is 1.02. The van der Waals surface area contributed by atoms with Gasteiger partial charge in [-0.3, -0.25) is 19.4 Å². The molecule has 0 bridgehead atoms. The molecule has 5 rings (SSSR count). The van der Waals surface area contributed by atoms with Crippen LogP contribution in [0.3, 0.4) is 0 Å². The lowest BCUT2D eigenvalue weighted by Gasteiger charge is -2.35. The summed E-state index contributed by atoms with van der Waals surface area (Å²) in [5, 5.41) is 17.4. The Balaban J connectivity index is 1.62. The maximum absolute atomic E-state index is 13.0. The molecule has 3 amide bonds. The van der Waals surface area contributed by atoms with Crippen LogP contribution in [0.2, 0.25) is 0 Å². The van der Waals surface area contributed by atoms with Gasteiger partial charge in [0.2, 0.25) is 5.91 Å². The van der Waals surface area contributed by atoms with Crippen molar-refractivity contribution in [2.75, 3.05) is 47.8 Å². The Morgan fingerprint density at radius 1 is 1.02 bits per heavy atom. The minimum atomic E-state index is -0.972. The van der Waals surface area contributed by atoms with E-state index < -0.39 is 11.5 Å². The molecule has 0 unspecified atom stereocenters. The maximum atomic E-state index is 13.0. The zero-order valence-corrected chi connectivity index (χ0v) is 26.5. The number of nitrogens with zero attached hydrogens (tertiary/aromatic N) is 6. The number of likely N-dealkylation sites (tertiary alicyclic amines) is 1. The largest absolute Gasteiger partial charge is 0.345 e. The lowest BCUT2D eigenvalue weighted by Crippen LogP contribution is -2.42. The Labute approximate surface area is 262 Å². The Kier molecular flexibility index (Phi) is 8.93. The number of H-pyrrole nitrogens is 1. The molecule has 1 fully saturated rings. The van der Waals surface area contributed by atoms with Crippen LogP contribution in [-0.2, 0) is 30.1 Å². The maximum Gasteiger partial charge on any atom is 0.343 e. The Hall–Kier alpha value is -4.76. The first-order valence-corrected chi connectivity index (χ1v) is 15.2. The van der Waals surface area contributed by atoms with Crippen LogP contribution in [0.15, 0.2) is 41.2 Å². The zero-order valence-electron chi connectivity index (χ0n) is 26.5. The molecule has 12 heteroatoms. The minimum Gasteiger partial charge on any atom is -0.345 e. The first-order chi connectivity index (χ1) is 21.5. The van der Waals surface area contributed by atoms with E-state index in [1.165, 1.54) is 14.5 Å². The standard InChI is InChI=1S/C33H40N8O4/c1-38(2)29(43)23-10-12-26-21(17-23)8-9-22-18-24(30(44)39(3)4)11-13-27(22)33(26,31-36-32(45)40(5)37-31)14-15-35-20-28(42)41-16-6-7-25(41)19-34/h10-13,17-18,25,35H,6-9,14-16,20H2,1-5H3,(H,36,37,45)/t25-/m0/s1. The number of benzene rings is 2. The minimum absolute atomic E-state index is 0.0687. The second-order valence-electron chi connectivity index (χ2n) is 12.3. The molecule has 0 radical (unpaired) electrons. The molecular weight excluding hydrogens is 572 g/mol. The Bertz CT molecular complexity index is 1660. The fourth-order valence-electron chi connectivity index (χ4n) is 6.64. The summed E-state index contributed by atoms with van der Waals surface area (Å²) in [4.78, 5) is 59.5. The van der Waals surface area contributed by atoms with Crippen LogP contribution in [0.1, 0.15) is 68.1 Å². The van der Waals surface area contributed by atoms with E-state index in [1.807, 2.05) is 24.3 Å². The van der Waals surface area contributed by atoms with Crippen molar-refractivity contribution in [3.05, 3.63) is 86.1 Å². The quantitative estimate of drug-likeness (QED) is 0.366. The van der Waals surface area contributed by atoms with Crippen molar-refractivity contribution >= 4 is 17.7 Å². The molecule has 45 heavy (non-hydrogen) atoms. The van der Waals surface area contributed by atoms with Crippen molar-refractivity contribution in [2.24, 2.45) is 7.05 Å². The van der Waals surface area contributed by atoms with Gasteiger partial charge in [0.25, 0.3) is 11.8 Å². The van der Waals surface area contributed by atoms with Gasteiger partial charge in [-0.15, -0.1) is 0 Å². The number of carbonyl (C=O) groups is 3. The van der Waals surface area contributed by atoms with Gasteiger partial charge >= 0.3 is 5.69 Å². The van der Waals surface area contributed by atoms with Gasteiger partial charge in [-0.1, -0.05) is 12.1 Å². The second kappa shape index (κ2) is 12.7. The monoisotopic (exact) mass is 612 g/mol. The van der Waals surface area contributed by atoms with Gasteiger partial charge in [0.1, 0.15) is 11.9 Å². The lowest BCUT2D eigenvalue weighted by atomic mass is 9.69. The van der Waals surface area contributed by atoms with E-state index in [4.69, 9.17) is 0 Å². The molecule has 236 valence electrons. The van der Waals surface area contributed by atoms with Crippen molar-refractivity contribution in [1.82, 2.24) is 34.8 Å². The normalized spacial score (nSPS) is 16.7. The summed E-state index contributed by atoms with van der Waals surface area (Å²) >= 11 is 0. The van der Waals surface area contributed by atoms with Gasteiger partial charge in [0.15, 0.2) is 0 Å². The number of carbonyl (C=O) groups excluding carboxylic acids is 3. The number of fused-ring (bicyclic) bond motifs is 2. The molecule has 1 aliphatic carbocycles. The average molecular weight is 613 g/mol. The zero-order chi connectivity index (χ0) is 32.5. The van der Waals surface area contributed by atoms with Crippen LogP contribution < -0.4 is 11.0 Å². The predicted molar refractivity (Wildman–Crippen MR) is 168 cm³/mol. The van der Waals surface area contributed by atoms with Gasteiger partial charge in [0, 0.05) is 52.9 Å². The number of amides is 3. The molecule has 2 aromatic carbocycles. The lowest BCUT2D eigenvalue weighted by molar-refractivity contribution is -0.130. The van der Waals surface area contributed by atoms with Crippen LogP contribution in [0.4, 0.5) is 0 Å². The summed E-state index contributed by atoms with van der Waals surface area (Å²) in [6.07, 6.45) is 3.11. The molecule has 3 aromatic rings. The summed E-state index contributed by atoms with van der Waals surface area (Å²) in [6, 6.07) is 13.1. The van der Waals surface area contributed by atoms with Gasteiger partial charge in [-0.2, -0.15) is 10.4 Å². The van der Waals surface area contributed by atoms with E-state index in [1.54, 1.807) is 52.3 Å². The first kappa shape index (κ1) is 31.7. The van der Waals surface area contributed by atoms with Crippen LogP contribution >= 0.6 is 0 Å². The molecule has 1 aromatic heterocycles. The molecule has 2 N–H and O–H groups in total. The van der Waals surface area contributed by atoms with Crippen LogP contribution in [-0.4, -0.2) is 101 Å². The molecule has 0 saturated carbocycles. The number of nitriles is 1. The van der Waals surface area contributed by atoms with Crippen molar-refractivity contribution in [3.8, 4) is 6.07 Å². The molecule has 1 atom stereocenters. The highest BCUT2D eigenvalue weighted by molar-refractivity contribution is 5.95. The highest BCUT2D eigenvalue weighted by Crippen LogP contribution is 2.46. The molecule has 12 nitrogen and oxygen atoms in total. The van der Waals surface area contributed by atoms with Crippen LogP contribution in [0.5, 0.6) is 0 Å². The van der Waals surface area contributed by atoms with Gasteiger partial charge in [-0.05, 0) is 85.2 Å². The third-order valence-electron chi connectivity index (χ3n) is 8.95. The molecule has 2 heterocycles. The van der Waals surface area contributed by atoms with Gasteiger partial charge in [-0.25, -0.2) is 9.48 Å². The Morgan fingerprint density at radius 3 is 2.09 bits per heavy atom. The van der Waals surface area contributed by atoms with Crippen molar-refractivity contribution in [2.45, 2.75) is 43.6 Å². The summed E-state index contributed by atoms with van der Waals surface area (Å²) in [5.41, 5.74) is 3.45. The fourth-order valence-corrected chi connectivity index (χ4v) is 6.64. The third-order valence-corrected chi connectivity index (χ3v) is 8.95. The van der Waals surface area contributed by atoms with Crippen LogP contribution in [0, 0.1) is 11.3 Å². The first-order valence-electron chi connectivity index (χ1n) is 15.2. The highest BCUT2D eigenvalue weighted by atomic mass is 16.2. The average Bonchev–Trinajstić information content (AvgIpc) is 3.61. The van der Waals surface area contributed by atoms with E-state index in [9.17, 15) is 24.4 Å². The van der Waals surface area contributed by atoms with E-state index in [2.05, 4.69) is 21.5 Å². The fraction of sp³-hybridized carbons (Fsp3) is 0.455. The van der Waals surface area contributed by atoms with E-state index in [-0.39, 0.29) is 30.0 Å². The van der Waals surface area contributed by atoms with Crippen molar-refractivity contribution in [3.63, 3.8) is 0 Å². The Morgan fingerprint density at radius 2 is 1.60 bits per heavy atom. The van der Waals surface area contributed by atoms with E-state index >= 15 is 0 Å². The van der Waals surface area contributed by atoms with E-state index in [0.717, 1.165) is 28.7 Å². The SMILES string of the molecule is CN(C)C(=O)c1ccc2c(c1)CCc1cc(C(=O)N(C)C)ccc1C2(CCNCC(=O)N1CCC[C@H]1C#N)c1nn(C)c(=O)[nH]1. The molecule has 1 saturated heterocycles. The molecular formula is C33H40N8O4. The number of aromatic amines is 1. The van der Waals surface area contributed by atoms with Crippen LogP contribution in [0.25, 0.3) is 0 Å². The number of aromatic nitrogens is 3. The molecule has 1 aliphatic heterocycles. The molecule has 0 spiro atoms. The number of hydrogen-bond acceptors (Lipinski definition) is 7. The van der Waals surface area contributed by atoms with Crippen molar-refractivity contribution in [1.29, 1.82) is 5.26 Å². The number of rotatable bonds is 8. The third kappa shape index (κ3) is 5.88. The molecule has 2 aliphatic rings. The number of aryl methyl sites for hydroxylation is 3. The summed E-state index contributed by atoms with van der Waals surface area (Å²) < 4.78 is 1.27.